The maximum absolute atomic E-state index is 13.8. The SMILES string of the molecule is Cc1ncnn2c([C@]3(C#N)O[C@H](COP(=O)(CCSC(=O)C(C)(C)C)OCCSC(=O)C(C)(C)C)[C@@H](O)[C@@]3(C)O)ccc12. The summed E-state index contributed by atoms with van der Waals surface area (Å²) in [5.74, 6) is 0.374. The molecule has 15 heteroatoms. The predicted octanol–water partition coefficient (Wildman–Crippen LogP) is 4.11. The lowest BCUT2D eigenvalue weighted by atomic mass is 9.80. The van der Waals surface area contributed by atoms with E-state index < -0.39 is 48.4 Å². The zero-order valence-corrected chi connectivity index (χ0v) is 28.3. The van der Waals surface area contributed by atoms with Gasteiger partial charge in [-0.3, -0.25) is 14.2 Å². The molecular formula is C28H41N4O8PS2. The average Bonchev–Trinajstić information content (AvgIpc) is 3.43. The summed E-state index contributed by atoms with van der Waals surface area (Å²) in [5, 5.41) is 37.0. The van der Waals surface area contributed by atoms with E-state index in [1.54, 1.807) is 60.6 Å². The van der Waals surface area contributed by atoms with Gasteiger partial charge in [0.2, 0.25) is 5.60 Å². The summed E-state index contributed by atoms with van der Waals surface area (Å²) in [4.78, 5) is 28.8. The molecule has 3 heterocycles. The first-order valence-corrected chi connectivity index (χ1v) is 17.5. The minimum atomic E-state index is -3.88. The van der Waals surface area contributed by atoms with Gasteiger partial charge in [-0.1, -0.05) is 65.1 Å². The highest BCUT2D eigenvalue weighted by atomic mass is 32.2. The van der Waals surface area contributed by atoms with Crippen molar-refractivity contribution in [3.8, 4) is 6.07 Å². The summed E-state index contributed by atoms with van der Waals surface area (Å²) in [7, 11) is -3.88. The molecule has 0 aromatic carbocycles. The molecule has 3 rings (SSSR count). The van der Waals surface area contributed by atoms with Gasteiger partial charge in [-0.2, -0.15) is 10.4 Å². The molecule has 1 aliphatic heterocycles. The van der Waals surface area contributed by atoms with Gasteiger partial charge in [0.25, 0.3) is 0 Å². The highest BCUT2D eigenvalue weighted by Crippen LogP contribution is 2.52. The number of carbonyl (C=O) groups is 2. The highest BCUT2D eigenvalue weighted by Gasteiger charge is 2.65. The fourth-order valence-electron chi connectivity index (χ4n) is 4.29. The van der Waals surface area contributed by atoms with Gasteiger partial charge in [0.1, 0.15) is 30.2 Å². The molecule has 1 fully saturated rings. The van der Waals surface area contributed by atoms with Gasteiger partial charge in [0.05, 0.1) is 36.3 Å². The maximum atomic E-state index is 13.8. The fourth-order valence-corrected chi connectivity index (χ4v) is 8.16. The minimum Gasteiger partial charge on any atom is -0.387 e. The molecule has 238 valence electrons. The van der Waals surface area contributed by atoms with E-state index in [4.69, 9.17) is 13.8 Å². The highest BCUT2D eigenvalue weighted by molar-refractivity contribution is 8.14. The fraction of sp³-hybridized carbons (Fsp3) is 0.679. The van der Waals surface area contributed by atoms with Gasteiger partial charge in [-0.05, 0) is 26.0 Å². The number of aliphatic hydroxyl groups excluding tert-OH is 1. The van der Waals surface area contributed by atoms with Crippen LogP contribution in [0.4, 0.5) is 0 Å². The molecule has 0 spiro atoms. The summed E-state index contributed by atoms with van der Waals surface area (Å²) in [5.41, 5.74) is -3.92. The minimum absolute atomic E-state index is 0.0471. The van der Waals surface area contributed by atoms with Crippen molar-refractivity contribution >= 4 is 46.9 Å². The summed E-state index contributed by atoms with van der Waals surface area (Å²) in [6.07, 6.45) is -1.72. The Hall–Kier alpha value is -1.82. The molecule has 2 aromatic rings. The van der Waals surface area contributed by atoms with Crippen LogP contribution in [0.3, 0.4) is 0 Å². The Balaban J connectivity index is 1.79. The first kappa shape index (κ1) is 35.7. The van der Waals surface area contributed by atoms with Crippen LogP contribution in [0.15, 0.2) is 18.5 Å². The molecule has 43 heavy (non-hydrogen) atoms. The number of aromatic nitrogens is 3. The number of hydrogen-bond acceptors (Lipinski definition) is 13. The number of ether oxygens (including phenoxy) is 1. The van der Waals surface area contributed by atoms with E-state index in [0.717, 1.165) is 23.5 Å². The first-order valence-electron chi connectivity index (χ1n) is 13.8. The normalized spacial score (nSPS) is 25.9. The van der Waals surface area contributed by atoms with Gasteiger partial charge in [0.15, 0.2) is 10.2 Å². The van der Waals surface area contributed by atoms with E-state index in [1.165, 1.54) is 17.8 Å². The number of fused-ring (bicyclic) bond motifs is 1. The number of nitriles is 1. The average molecular weight is 657 g/mol. The van der Waals surface area contributed by atoms with Crippen LogP contribution in [0.25, 0.3) is 5.52 Å². The Kier molecular flexibility index (Phi) is 11.0. The van der Waals surface area contributed by atoms with E-state index in [1.807, 2.05) is 6.07 Å². The van der Waals surface area contributed by atoms with Crippen LogP contribution < -0.4 is 0 Å². The van der Waals surface area contributed by atoms with Crippen molar-refractivity contribution in [2.75, 3.05) is 30.9 Å². The topological polar surface area (TPSA) is 173 Å². The van der Waals surface area contributed by atoms with Crippen LogP contribution in [0, 0.1) is 29.1 Å². The number of hydrogen-bond donors (Lipinski definition) is 2. The van der Waals surface area contributed by atoms with Crippen molar-refractivity contribution < 1.29 is 38.2 Å². The molecule has 2 aromatic heterocycles. The first-order chi connectivity index (χ1) is 19.8. The second-order valence-electron chi connectivity index (χ2n) is 12.6. The molecule has 0 amide bonds. The second-order valence-corrected chi connectivity index (χ2v) is 17.0. The van der Waals surface area contributed by atoms with Gasteiger partial charge in [0, 0.05) is 22.3 Å². The van der Waals surface area contributed by atoms with Crippen molar-refractivity contribution in [2.24, 2.45) is 10.8 Å². The van der Waals surface area contributed by atoms with Crippen molar-refractivity contribution in [2.45, 2.75) is 78.8 Å². The van der Waals surface area contributed by atoms with E-state index >= 15 is 0 Å². The molecule has 12 nitrogen and oxygen atoms in total. The monoisotopic (exact) mass is 656 g/mol. The van der Waals surface area contributed by atoms with Crippen molar-refractivity contribution in [3.05, 3.63) is 29.8 Å². The quantitative estimate of drug-likeness (QED) is 0.262. The van der Waals surface area contributed by atoms with Crippen LogP contribution in [-0.4, -0.2) is 83.7 Å². The molecule has 0 bridgehead atoms. The molecule has 1 saturated heterocycles. The number of aliphatic hydroxyl groups is 2. The van der Waals surface area contributed by atoms with E-state index in [0.29, 0.717) is 11.2 Å². The van der Waals surface area contributed by atoms with Gasteiger partial charge in [-0.15, -0.1) is 0 Å². The lowest BCUT2D eigenvalue weighted by Crippen LogP contribution is -2.52. The molecule has 5 atom stereocenters. The van der Waals surface area contributed by atoms with Gasteiger partial charge in [-0.25, -0.2) is 9.50 Å². The largest absolute Gasteiger partial charge is 0.387 e. The number of rotatable bonds is 11. The third-order valence-electron chi connectivity index (χ3n) is 6.99. The summed E-state index contributed by atoms with van der Waals surface area (Å²) >= 11 is 2.07. The van der Waals surface area contributed by atoms with Crippen LogP contribution in [0.2, 0.25) is 0 Å². The Labute approximate surface area is 260 Å². The Morgan fingerprint density at radius 3 is 2.33 bits per heavy atom. The third-order valence-corrected chi connectivity index (χ3v) is 11.7. The van der Waals surface area contributed by atoms with E-state index in [9.17, 15) is 29.6 Å². The summed E-state index contributed by atoms with van der Waals surface area (Å²) in [6.45, 7) is 13.2. The zero-order chi connectivity index (χ0) is 32.4. The molecule has 1 unspecified atom stereocenters. The van der Waals surface area contributed by atoms with Gasteiger partial charge < -0.3 is 24.0 Å². The molecule has 0 radical (unpaired) electrons. The van der Waals surface area contributed by atoms with E-state index in [2.05, 4.69) is 10.1 Å². The number of carbonyl (C=O) groups excluding carboxylic acids is 2. The zero-order valence-electron chi connectivity index (χ0n) is 25.8. The van der Waals surface area contributed by atoms with Crippen LogP contribution in [-0.2, 0) is 33.5 Å². The Bertz CT molecular complexity index is 1430. The number of aryl methyl sites for hydroxylation is 1. The van der Waals surface area contributed by atoms with Crippen LogP contribution in [0.1, 0.15) is 59.9 Å². The van der Waals surface area contributed by atoms with Crippen molar-refractivity contribution in [1.82, 2.24) is 14.6 Å². The molecule has 0 saturated carbocycles. The standard InChI is InChI=1S/C28H41N4O8PS2/c1-18-19-9-10-21(32(19)31-17-30-18)28(16-29)27(8,36)22(33)20(40-28)15-39-41(37,12-14-43-24(35)26(5,6)7)38-11-13-42-23(34)25(2,3)4/h9-10,17,20,22,33,36H,11-15H2,1-8H3/t20-,22-,27-,28+,41?/m1/s1. The molecule has 2 N–H and O–H groups in total. The summed E-state index contributed by atoms with van der Waals surface area (Å²) < 4.78 is 32.7. The molecule has 1 aliphatic rings. The second kappa shape index (κ2) is 13.3. The van der Waals surface area contributed by atoms with Crippen LogP contribution >= 0.6 is 31.1 Å². The number of nitrogens with zero attached hydrogens (tertiary/aromatic N) is 4. The number of thioether (sulfide) groups is 2. The lowest BCUT2D eigenvalue weighted by Gasteiger charge is -2.33. The van der Waals surface area contributed by atoms with E-state index in [-0.39, 0.29) is 40.2 Å². The molecule has 0 aliphatic carbocycles. The van der Waals surface area contributed by atoms with Crippen molar-refractivity contribution in [1.29, 1.82) is 5.26 Å². The van der Waals surface area contributed by atoms with Crippen LogP contribution in [0.5, 0.6) is 0 Å². The summed E-state index contributed by atoms with van der Waals surface area (Å²) in [6, 6.07) is 5.27. The van der Waals surface area contributed by atoms with Crippen molar-refractivity contribution in [3.63, 3.8) is 0 Å². The lowest BCUT2D eigenvalue weighted by molar-refractivity contribution is -0.118. The maximum Gasteiger partial charge on any atom is 0.331 e. The predicted molar refractivity (Wildman–Crippen MR) is 165 cm³/mol. The third kappa shape index (κ3) is 7.71. The smallest absolute Gasteiger partial charge is 0.331 e. The Morgan fingerprint density at radius 2 is 1.74 bits per heavy atom. The molecular weight excluding hydrogens is 615 g/mol. The Morgan fingerprint density at radius 1 is 1.14 bits per heavy atom. The van der Waals surface area contributed by atoms with Gasteiger partial charge >= 0.3 is 7.60 Å².